The number of rotatable bonds is 4. The van der Waals surface area contributed by atoms with E-state index < -0.39 is 0 Å². The summed E-state index contributed by atoms with van der Waals surface area (Å²) in [5.41, 5.74) is 0. The van der Waals surface area contributed by atoms with E-state index in [0.29, 0.717) is 11.9 Å². The summed E-state index contributed by atoms with van der Waals surface area (Å²) in [6, 6.07) is 4.43. The zero-order valence-corrected chi connectivity index (χ0v) is 12.7. The Kier molecular flexibility index (Phi) is 4.36. The highest BCUT2D eigenvalue weighted by Crippen LogP contribution is 2.28. The molecule has 1 aliphatic heterocycles. The molecule has 2 aliphatic rings. The van der Waals surface area contributed by atoms with Gasteiger partial charge in [-0.05, 0) is 50.7 Å². The van der Waals surface area contributed by atoms with Crippen molar-refractivity contribution in [2.75, 3.05) is 16.8 Å². The van der Waals surface area contributed by atoms with Gasteiger partial charge in [0.05, 0.1) is 0 Å². The number of carbonyl (C=O) groups excluding carboxylic acids is 1. The van der Waals surface area contributed by atoms with Crippen molar-refractivity contribution in [3.8, 4) is 0 Å². The molecule has 1 aromatic rings. The lowest BCUT2D eigenvalue weighted by Gasteiger charge is -2.35. The van der Waals surface area contributed by atoms with Gasteiger partial charge in [-0.1, -0.05) is 13.3 Å². The van der Waals surface area contributed by atoms with E-state index in [9.17, 15) is 4.79 Å². The first kappa shape index (κ1) is 14.3. The third-order valence-electron chi connectivity index (χ3n) is 4.77. The van der Waals surface area contributed by atoms with Crippen LogP contribution in [0.5, 0.6) is 0 Å². The second kappa shape index (κ2) is 6.41. The summed E-state index contributed by atoms with van der Waals surface area (Å²) in [7, 11) is 0. The molecule has 0 radical (unpaired) electrons. The predicted octanol–water partition coefficient (Wildman–Crippen LogP) is 2.98. The zero-order chi connectivity index (χ0) is 14.7. The summed E-state index contributed by atoms with van der Waals surface area (Å²) < 4.78 is 0. The van der Waals surface area contributed by atoms with Crippen molar-refractivity contribution in [1.82, 2.24) is 10.2 Å². The Morgan fingerprint density at radius 2 is 2.10 bits per heavy atom. The first-order valence-electron chi connectivity index (χ1n) is 8.19. The van der Waals surface area contributed by atoms with Gasteiger partial charge in [-0.15, -0.1) is 10.2 Å². The van der Waals surface area contributed by atoms with Gasteiger partial charge in [0.25, 0.3) is 0 Å². The third kappa shape index (κ3) is 3.17. The number of nitrogens with one attached hydrogen (secondary N) is 1. The largest absolute Gasteiger partial charge is 0.352 e. The van der Waals surface area contributed by atoms with Crippen molar-refractivity contribution < 1.29 is 4.79 Å². The van der Waals surface area contributed by atoms with Crippen LogP contribution >= 0.6 is 0 Å². The Labute approximate surface area is 126 Å². The molecule has 1 amide bonds. The number of piperidine rings is 1. The lowest BCUT2D eigenvalue weighted by molar-refractivity contribution is -0.122. The minimum Gasteiger partial charge on any atom is -0.352 e. The Balaban J connectivity index is 1.64. The highest BCUT2D eigenvalue weighted by molar-refractivity contribution is 5.92. The molecule has 1 aromatic heterocycles. The molecule has 5 heteroatoms. The van der Waals surface area contributed by atoms with E-state index in [-0.39, 0.29) is 11.8 Å². The standard InChI is InChI=1S/C16H24N4O/c1-2-13-8-3-4-11-20(13)15-10-9-14(18-19-15)17-16(21)12-6-5-7-12/h9-10,12-13H,2-8,11H2,1H3,(H,17,18,21). The highest BCUT2D eigenvalue weighted by Gasteiger charge is 2.26. The monoisotopic (exact) mass is 288 g/mol. The van der Waals surface area contributed by atoms with Gasteiger partial charge < -0.3 is 10.2 Å². The Morgan fingerprint density at radius 1 is 1.24 bits per heavy atom. The second-order valence-corrected chi connectivity index (χ2v) is 6.15. The van der Waals surface area contributed by atoms with Gasteiger partial charge in [-0.3, -0.25) is 4.79 Å². The van der Waals surface area contributed by atoms with Crippen LogP contribution in [0.4, 0.5) is 11.6 Å². The number of hydrogen-bond donors (Lipinski definition) is 1. The molecule has 3 rings (SSSR count). The summed E-state index contributed by atoms with van der Waals surface area (Å²) >= 11 is 0. The van der Waals surface area contributed by atoms with Crippen molar-refractivity contribution >= 4 is 17.5 Å². The molecule has 1 unspecified atom stereocenters. The van der Waals surface area contributed by atoms with Crippen LogP contribution in [0, 0.1) is 5.92 Å². The van der Waals surface area contributed by atoms with Crippen LogP contribution in [0.15, 0.2) is 12.1 Å². The van der Waals surface area contributed by atoms with Crippen LogP contribution in [-0.2, 0) is 4.79 Å². The Bertz CT molecular complexity index is 484. The fourth-order valence-corrected chi connectivity index (χ4v) is 3.17. The summed E-state index contributed by atoms with van der Waals surface area (Å²) in [6.07, 6.45) is 8.07. The van der Waals surface area contributed by atoms with Gasteiger partial charge in [0, 0.05) is 18.5 Å². The molecule has 2 heterocycles. The number of amides is 1. The maximum Gasteiger partial charge on any atom is 0.228 e. The van der Waals surface area contributed by atoms with Gasteiger partial charge in [0.2, 0.25) is 5.91 Å². The number of carbonyl (C=O) groups is 1. The van der Waals surface area contributed by atoms with Gasteiger partial charge in [-0.2, -0.15) is 0 Å². The lowest BCUT2D eigenvalue weighted by atomic mass is 9.85. The maximum atomic E-state index is 11.9. The molecule has 1 saturated heterocycles. The molecular formula is C16H24N4O. The number of aromatic nitrogens is 2. The van der Waals surface area contributed by atoms with Crippen LogP contribution in [0.25, 0.3) is 0 Å². The number of nitrogens with zero attached hydrogens (tertiary/aromatic N) is 3. The molecule has 5 nitrogen and oxygen atoms in total. The molecule has 2 fully saturated rings. The molecule has 21 heavy (non-hydrogen) atoms. The van der Waals surface area contributed by atoms with Gasteiger partial charge in [-0.25, -0.2) is 0 Å². The molecule has 1 atom stereocenters. The Hall–Kier alpha value is -1.65. The minimum atomic E-state index is 0.0905. The topological polar surface area (TPSA) is 58.1 Å². The summed E-state index contributed by atoms with van der Waals surface area (Å²) in [6.45, 7) is 3.28. The highest BCUT2D eigenvalue weighted by atomic mass is 16.2. The third-order valence-corrected chi connectivity index (χ3v) is 4.77. The van der Waals surface area contributed by atoms with Gasteiger partial charge in [0.1, 0.15) is 0 Å². The fraction of sp³-hybridized carbons (Fsp3) is 0.688. The average molecular weight is 288 g/mol. The van der Waals surface area contributed by atoms with Crippen LogP contribution in [-0.4, -0.2) is 28.7 Å². The molecule has 114 valence electrons. The van der Waals surface area contributed by atoms with Crippen LogP contribution in [0.1, 0.15) is 51.9 Å². The molecule has 0 aromatic carbocycles. The number of hydrogen-bond acceptors (Lipinski definition) is 4. The van der Waals surface area contributed by atoms with Crippen molar-refractivity contribution in [3.63, 3.8) is 0 Å². The minimum absolute atomic E-state index is 0.0905. The first-order chi connectivity index (χ1) is 10.3. The summed E-state index contributed by atoms with van der Waals surface area (Å²) in [5, 5.41) is 11.4. The SMILES string of the molecule is CCC1CCCCN1c1ccc(NC(=O)C2CCC2)nn1. The lowest BCUT2D eigenvalue weighted by Crippen LogP contribution is -2.39. The van der Waals surface area contributed by atoms with E-state index in [1.54, 1.807) is 0 Å². The van der Waals surface area contributed by atoms with E-state index in [1.807, 2.05) is 12.1 Å². The smallest absolute Gasteiger partial charge is 0.228 e. The zero-order valence-electron chi connectivity index (χ0n) is 12.7. The normalized spacial score (nSPS) is 22.7. The molecule has 0 spiro atoms. The molecule has 1 N–H and O–H groups in total. The van der Waals surface area contributed by atoms with E-state index in [2.05, 4.69) is 27.3 Å². The Morgan fingerprint density at radius 3 is 2.71 bits per heavy atom. The second-order valence-electron chi connectivity index (χ2n) is 6.15. The molecule has 1 saturated carbocycles. The van der Waals surface area contributed by atoms with E-state index in [1.165, 1.54) is 19.3 Å². The van der Waals surface area contributed by atoms with E-state index >= 15 is 0 Å². The maximum absolute atomic E-state index is 11.9. The fourth-order valence-electron chi connectivity index (χ4n) is 3.17. The number of anilines is 2. The van der Waals surface area contributed by atoms with Crippen LogP contribution < -0.4 is 10.2 Å². The first-order valence-corrected chi connectivity index (χ1v) is 8.19. The van der Waals surface area contributed by atoms with E-state index in [4.69, 9.17) is 0 Å². The van der Waals surface area contributed by atoms with Gasteiger partial charge >= 0.3 is 0 Å². The summed E-state index contributed by atoms with van der Waals surface area (Å²) in [5.74, 6) is 1.77. The quantitative estimate of drug-likeness (QED) is 0.925. The van der Waals surface area contributed by atoms with Crippen molar-refractivity contribution in [1.29, 1.82) is 0 Å². The van der Waals surface area contributed by atoms with Crippen LogP contribution in [0.3, 0.4) is 0 Å². The van der Waals surface area contributed by atoms with E-state index in [0.717, 1.165) is 38.0 Å². The van der Waals surface area contributed by atoms with Crippen molar-refractivity contribution in [2.24, 2.45) is 5.92 Å². The predicted molar refractivity (Wildman–Crippen MR) is 83.3 cm³/mol. The molecular weight excluding hydrogens is 264 g/mol. The summed E-state index contributed by atoms with van der Waals surface area (Å²) in [4.78, 5) is 14.2. The van der Waals surface area contributed by atoms with Gasteiger partial charge in [0.15, 0.2) is 11.6 Å². The van der Waals surface area contributed by atoms with Crippen molar-refractivity contribution in [3.05, 3.63) is 12.1 Å². The average Bonchev–Trinajstić information content (AvgIpc) is 2.46. The molecule has 1 aliphatic carbocycles. The molecule has 0 bridgehead atoms. The van der Waals surface area contributed by atoms with Crippen molar-refractivity contribution in [2.45, 2.75) is 57.9 Å². The van der Waals surface area contributed by atoms with Crippen LogP contribution in [0.2, 0.25) is 0 Å².